The molecule has 2 N–H and O–H groups in total. The van der Waals surface area contributed by atoms with Gasteiger partial charge in [0.1, 0.15) is 6.10 Å². The second-order valence-corrected chi connectivity index (χ2v) is 9.93. The zero-order valence-electron chi connectivity index (χ0n) is 18.9. The van der Waals surface area contributed by atoms with Gasteiger partial charge in [-0.1, -0.05) is 18.2 Å². The maximum atomic E-state index is 11.8. The van der Waals surface area contributed by atoms with E-state index in [0.29, 0.717) is 35.9 Å². The molecule has 0 aliphatic heterocycles. The number of rotatable bonds is 8. The number of guanidine groups is 1. The topological polar surface area (TPSA) is 92.7 Å². The molecule has 1 heterocycles. The average molecular weight is 573 g/mol. The van der Waals surface area contributed by atoms with E-state index in [0.717, 1.165) is 36.1 Å². The van der Waals surface area contributed by atoms with E-state index >= 15 is 0 Å². The first kappa shape index (κ1) is 26.4. The van der Waals surface area contributed by atoms with Crippen LogP contribution in [0.3, 0.4) is 0 Å². The monoisotopic (exact) mass is 572 g/mol. The summed E-state index contributed by atoms with van der Waals surface area (Å²) in [5.74, 6) is 1.37. The highest BCUT2D eigenvalue weighted by molar-refractivity contribution is 14.0. The van der Waals surface area contributed by atoms with Crippen molar-refractivity contribution in [3.8, 4) is 5.88 Å². The summed E-state index contributed by atoms with van der Waals surface area (Å²) in [6.07, 6.45) is 8.04. The first-order valence-corrected chi connectivity index (χ1v) is 12.7. The second kappa shape index (κ2) is 12.4. The van der Waals surface area contributed by atoms with E-state index in [-0.39, 0.29) is 24.0 Å². The van der Waals surface area contributed by atoms with Crippen molar-refractivity contribution in [1.82, 2.24) is 15.6 Å². The quantitative estimate of drug-likeness (QED) is 0.283. The Bertz CT molecular complexity index is 1000. The summed E-state index contributed by atoms with van der Waals surface area (Å²) in [6.45, 7) is 5.61. The van der Waals surface area contributed by atoms with Crippen molar-refractivity contribution in [2.45, 2.75) is 63.6 Å². The highest BCUT2D eigenvalue weighted by atomic mass is 127. The first-order valence-electron chi connectivity index (χ1n) is 10.8. The van der Waals surface area contributed by atoms with Crippen molar-refractivity contribution in [1.29, 1.82) is 0 Å². The molecule has 0 spiro atoms. The molecule has 0 amide bonds. The third kappa shape index (κ3) is 7.91. The van der Waals surface area contributed by atoms with Gasteiger partial charge in [-0.3, -0.25) is 0 Å². The van der Waals surface area contributed by atoms with E-state index in [2.05, 4.69) is 20.6 Å². The van der Waals surface area contributed by atoms with E-state index in [9.17, 15) is 8.42 Å². The minimum absolute atomic E-state index is 0. The smallest absolute Gasteiger partial charge is 0.213 e. The molecular weight excluding hydrogens is 539 g/mol. The first-order chi connectivity index (χ1) is 14.8. The van der Waals surface area contributed by atoms with Crippen molar-refractivity contribution in [3.63, 3.8) is 0 Å². The lowest BCUT2D eigenvalue weighted by molar-refractivity contribution is 0.201. The molecule has 0 unspecified atom stereocenters. The number of benzene rings is 1. The number of hydrogen-bond donors (Lipinski definition) is 2. The van der Waals surface area contributed by atoms with Crippen molar-refractivity contribution in [3.05, 3.63) is 53.2 Å². The fourth-order valence-corrected chi connectivity index (χ4v) is 4.65. The number of pyridine rings is 1. The van der Waals surface area contributed by atoms with Crippen LogP contribution in [0.15, 0.2) is 46.4 Å². The van der Waals surface area contributed by atoms with E-state index in [4.69, 9.17) is 4.74 Å². The molecule has 0 radical (unpaired) electrons. The normalized spacial score (nSPS) is 14.7. The van der Waals surface area contributed by atoms with Crippen LogP contribution in [0.2, 0.25) is 0 Å². The van der Waals surface area contributed by atoms with Crippen LogP contribution >= 0.6 is 24.0 Å². The minimum Gasteiger partial charge on any atom is -0.474 e. The SMILES string of the molecule is CCNC(=NCc1ccc(OC2CCCC2)nc1)NCc1ccc(S(C)(=O)=O)c(C)c1.I. The number of sulfone groups is 1. The van der Waals surface area contributed by atoms with Gasteiger partial charge in [0.05, 0.1) is 11.4 Å². The molecule has 1 aromatic carbocycles. The Balaban J connectivity index is 0.00000363. The van der Waals surface area contributed by atoms with E-state index < -0.39 is 9.84 Å². The lowest BCUT2D eigenvalue weighted by atomic mass is 10.1. The van der Waals surface area contributed by atoms with Gasteiger partial charge in [-0.05, 0) is 62.3 Å². The van der Waals surface area contributed by atoms with Gasteiger partial charge in [-0.2, -0.15) is 0 Å². The Morgan fingerprint density at radius 3 is 2.47 bits per heavy atom. The van der Waals surface area contributed by atoms with E-state index in [1.54, 1.807) is 6.07 Å². The molecule has 9 heteroatoms. The predicted molar refractivity (Wildman–Crippen MR) is 138 cm³/mol. The number of ether oxygens (including phenoxy) is 1. The number of halogens is 1. The molecular formula is C23H33IN4O3S. The maximum Gasteiger partial charge on any atom is 0.213 e. The van der Waals surface area contributed by atoms with Gasteiger partial charge in [0.2, 0.25) is 5.88 Å². The number of aromatic nitrogens is 1. The molecule has 0 bridgehead atoms. The Morgan fingerprint density at radius 1 is 1.16 bits per heavy atom. The summed E-state index contributed by atoms with van der Waals surface area (Å²) in [7, 11) is -3.21. The molecule has 1 saturated carbocycles. The second-order valence-electron chi connectivity index (χ2n) is 7.95. The van der Waals surface area contributed by atoms with Crippen molar-refractivity contribution < 1.29 is 13.2 Å². The minimum atomic E-state index is -3.21. The third-order valence-corrected chi connectivity index (χ3v) is 6.51. The fourth-order valence-electron chi connectivity index (χ4n) is 3.69. The third-order valence-electron chi connectivity index (χ3n) is 5.25. The standard InChI is InChI=1S/C23H32N4O3S.HI/c1-4-24-23(26-14-18-9-11-21(17(2)13-18)31(3,28)29)27-16-19-10-12-22(25-15-19)30-20-7-5-6-8-20;/h9-13,15,20H,4-8,14,16H2,1-3H3,(H2,24,26,27);1H. The lowest BCUT2D eigenvalue weighted by Crippen LogP contribution is -2.36. The van der Waals surface area contributed by atoms with Crippen LogP contribution in [-0.2, 0) is 22.9 Å². The van der Waals surface area contributed by atoms with Crippen LogP contribution in [0.1, 0.15) is 49.3 Å². The van der Waals surface area contributed by atoms with Crippen molar-refractivity contribution >= 4 is 39.8 Å². The highest BCUT2D eigenvalue weighted by Crippen LogP contribution is 2.23. The Kier molecular flexibility index (Phi) is 10.2. The Morgan fingerprint density at radius 2 is 1.88 bits per heavy atom. The zero-order chi connectivity index (χ0) is 22.3. The molecule has 1 aliphatic rings. The van der Waals surface area contributed by atoms with Crippen LogP contribution in [0, 0.1) is 6.92 Å². The number of nitrogens with zero attached hydrogens (tertiary/aromatic N) is 2. The maximum absolute atomic E-state index is 11.8. The van der Waals surface area contributed by atoms with Gasteiger partial charge in [0.25, 0.3) is 0 Å². The summed E-state index contributed by atoms with van der Waals surface area (Å²) >= 11 is 0. The van der Waals surface area contributed by atoms with Gasteiger partial charge < -0.3 is 15.4 Å². The number of aliphatic imine (C=N–C) groups is 1. The van der Waals surface area contributed by atoms with Crippen molar-refractivity contribution in [2.75, 3.05) is 12.8 Å². The summed E-state index contributed by atoms with van der Waals surface area (Å²) in [5.41, 5.74) is 2.74. The van der Waals surface area contributed by atoms with Crippen LogP contribution < -0.4 is 15.4 Å². The summed E-state index contributed by atoms with van der Waals surface area (Å²) in [6, 6.07) is 9.28. The number of nitrogens with one attached hydrogen (secondary N) is 2. The van der Waals surface area contributed by atoms with Crippen LogP contribution in [0.4, 0.5) is 0 Å². The van der Waals surface area contributed by atoms with Gasteiger partial charge in [-0.15, -0.1) is 24.0 Å². The van der Waals surface area contributed by atoms with Crippen LogP contribution in [-0.4, -0.2) is 38.3 Å². The average Bonchev–Trinajstić information content (AvgIpc) is 3.23. The van der Waals surface area contributed by atoms with Crippen molar-refractivity contribution in [2.24, 2.45) is 4.99 Å². The molecule has 1 fully saturated rings. The fraction of sp³-hybridized carbons (Fsp3) is 0.478. The molecule has 176 valence electrons. The highest BCUT2D eigenvalue weighted by Gasteiger charge is 2.16. The largest absolute Gasteiger partial charge is 0.474 e. The molecule has 1 aromatic heterocycles. The van der Waals surface area contributed by atoms with Gasteiger partial charge in [0.15, 0.2) is 15.8 Å². The molecule has 0 saturated heterocycles. The van der Waals surface area contributed by atoms with Crippen LogP contribution in [0.5, 0.6) is 5.88 Å². The molecule has 1 aliphatic carbocycles. The van der Waals surface area contributed by atoms with E-state index in [1.165, 1.54) is 19.1 Å². The van der Waals surface area contributed by atoms with Gasteiger partial charge in [0, 0.05) is 31.6 Å². The summed E-state index contributed by atoms with van der Waals surface area (Å²) in [4.78, 5) is 9.41. The van der Waals surface area contributed by atoms with E-state index in [1.807, 2.05) is 44.3 Å². The van der Waals surface area contributed by atoms with Gasteiger partial charge >= 0.3 is 0 Å². The zero-order valence-corrected chi connectivity index (χ0v) is 22.1. The number of aryl methyl sites for hydroxylation is 1. The summed E-state index contributed by atoms with van der Waals surface area (Å²) < 4.78 is 29.5. The molecule has 3 rings (SSSR count). The number of hydrogen-bond acceptors (Lipinski definition) is 5. The molecule has 0 atom stereocenters. The van der Waals surface area contributed by atoms with Gasteiger partial charge in [-0.25, -0.2) is 18.4 Å². The predicted octanol–water partition coefficient (Wildman–Crippen LogP) is 3.99. The Hall–Kier alpha value is -1.88. The molecule has 32 heavy (non-hydrogen) atoms. The van der Waals surface area contributed by atoms with Crippen LogP contribution in [0.25, 0.3) is 0 Å². The molecule has 2 aromatic rings. The lowest BCUT2D eigenvalue weighted by Gasteiger charge is -2.13. The molecule has 7 nitrogen and oxygen atoms in total. The Labute approximate surface area is 208 Å². The summed E-state index contributed by atoms with van der Waals surface area (Å²) in [5, 5.41) is 6.53.